The van der Waals surface area contributed by atoms with Crippen LogP contribution in [0, 0.1) is 0 Å². The second kappa shape index (κ2) is 8.06. The predicted octanol–water partition coefficient (Wildman–Crippen LogP) is 5.90. The molecular weight excluding hydrogens is 512 g/mol. The van der Waals surface area contributed by atoms with Crippen molar-refractivity contribution in [1.29, 1.82) is 0 Å². The van der Waals surface area contributed by atoms with Crippen molar-refractivity contribution in [2.45, 2.75) is 18.7 Å². The normalized spacial score (nSPS) is 21.2. The van der Waals surface area contributed by atoms with Crippen LogP contribution < -0.4 is 14.5 Å². The quantitative estimate of drug-likeness (QED) is 0.456. The summed E-state index contributed by atoms with van der Waals surface area (Å²) < 4.78 is 7.17. The fraction of sp³-hybridized carbons (Fsp3) is 0.174. The summed E-state index contributed by atoms with van der Waals surface area (Å²) in [5.41, 5.74) is 0.272. The van der Waals surface area contributed by atoms with Crippen LogP contribution in [0.2, 0.25) is 0 Å². The summed E-state index contributed by atoms with van der Waals surface area (Å²) in [6, 6.07) is 21.1. The Balaban J connectivity index is 1.90. The molecule has 0 aromatic heterocycles. The van der Waals surface area contributed by atoms with Crippen molar-refractivity contribution in [3.05, 3.63) is 87.3 Å². The number of rotatable bonds is 4. The van der Waals surface area contributed by atoms with Gasteiger partial charge in [-0.2, -0.15) is 0 Å². The molecule has 2 atom stereocenters. The average Bonchev–Trinajstić information content (AvgIpc) is 2.96. The zero-order valence-electron chi connectivity index (χ0n) is 16.4. The number of hydrogen-bond acceptors (Lipinski definition) is 3. The van der Waals surface area contributed by atoms with E-state index in [1.165, 1.54) is 4.90 Å². The number of nitrogens with zero attached hydrogens (tertiary/aromatic N) is 2. The molecule has 1 aliphatic rings. The smallest absolute Gasteiger partial charge is 0.332 e. The van der Waals surface area contributed by atoms with Crippen LogP contribution >= 0.6 is 31.9 Å². The van der Waals surface area contributed by atoms with Gasteiger partial charge in [0.2, 0.25) is 0 Å². The van der Waals surface area contributed by atoms with Gasteiger partial charge in [0.15, 0.2) is 5.72 Å². The number of ether oxygens (including phenoxy) is 1. The third-order valence-corrected chi connectivity index (χ3v) is 6.45. The molecule has 1 fully saturated rings. The number of halogens is 2. The zero-order valence-corrected chi connectivity index (χ0v) is 19.6. The molecule has 0 spiro atoms. The van der Waals surface area contributed by atoms with Gasteiger partial charge in [0, 0.05) is 25.9 Å². The van der Waals surface area contributed by atoms with Crippen molar-refractivity contribution in [2.24, 2.45) is 0 Å². The molecule has 0 saturated carbocycles. The second-order valence-corrected chi connectivity index (χ2v) is 8.91. The van der Waals surface area contributed by atoms with E-state index in [1.807, 2.05) is 73.7 Å². The van der Waals surface area contributed by atoms with Crippen LogP contribution in [0.25, 0.3) is 0 Å². The fourth-order valence-electron chi connectivity index (χ4n) is 3.84. The number of methoxy groups -OCH3 is 1. The molecule has 1 saturated heterocycles. The van der Waals surface area contributed by atoms with Gasteiger partial charge >= 0.3 is 6.03 Å². The predicted molar refractivity (Wildman–Crippen MR) is 125 cm³/mol. The molecule has 1 heterocycles. The first kappa shape index (κ1) is 20.9. The molecule has 0 radical (unpaired) electrons. The van der Waals surface area contributed by atoms with Crippen LogP contribution in [0.1, 0.15) is 12.5 Å². The zero-order chi connectivity index (χ0) is 21.5. The Morgan fingerprint density at radius 2 is 1.50 bits per heavy atom. The van der Waals surface area contributed by atoms with Crippen LogP contribution in [0.15, 0.2) is 81.7 Å². The molecule has 154 valence electrons. The number of hydrogen-bond donors (Lipinski definition) is 1. The number of carbonyl (C=O) groups is 1. The fourth-order valence-corrected chi connectivity index (χ4v) is 4.37. The van der Waals surface area contributed by atoms with Gasteiger partial charge in [-0.1, -0.05) is 44.0 Å². The Labute approximate surface area is 192 Å². The monoisotopic (exact) mass is 530 g/mol. The summed E-state index contributed by atoms with van der Waals surface area (Å²) >= 11 is 6.86. The van der Waals surface area contributed by atoms with Crippen molar-refractivity contribution in [3.8, 4) is 5.75 Å². The molecule has 3 aromatic rings. The van der Waals surface area contributed by atoms with Gasteiger partial charge in [-0.05, 0) is 67.6 Å². The van der Waals surface area contributed by atoms with Gasteiger partial charge in [0.05, 0.1) is 13.2 Å². The molecule has 7 heteroatoms. The van der Waals surface area contributed by atoms with Gasteiger partial charge in [-0.25, -0.2) is 4.79 Å². The van der Waals surface area contributed by atoms with Crippen molar-refractivity contribution < 1.29 is 14.6 Å². The average molecular weight is 532 g/mol. The lowest BCUT2D eigenvalue weighted by atomic mass is 9.94. The van der Waals surface area contributed by atoms with Crippen LogP contribution in [0.3, 0.4) is 0 Å². The van der Waals surface area contributed by atoms with Crippen molar-refractivity contribution in [2.75, 3.05) is 16.9 Å². The standard InChI is InChI=1S/C23H20Br2N2O3/c1-15-23(29,16-4-3-5-21(14-16)30-2)27(20-12-8-18(25)9-13-20)22(28)26(15)19-10-6-17(24)7-11-19/h3-15,29H,1-2H3/t15-,23?/m1/s1. The van der Waals surface area contributed by atoms with E-state index in [9.17, 15) is 9.90 Å². The summed E-state index contributed by atoms with van der Waals surface area (Å²) in [6.07, 6.45) is 0. The molecule has 0 aliphatic carbocycles. The minimum Gasteiger partial charge on any atom is -0.497 e. The lowest BCUT2D eigenvalue weighted by Crippen LogP contribution is -2.48. The molecule has 1 aliphatic heterocycles. The summed E-state index contributed by atoms with van der Waals surface area (Å²) in [6.45, 7) is 1.85. The van der Waals surface area contributed by atoms with Crippen molar-refractivity contribution in [1.82, 2.24) is 0 Å². The van der Waals surface area contributed by atoms with Crippen LogP contribution in [-0.4, -0.2) is 24.3 Å². The van der Waals surface area contributed by atoms with Gasteiger partial charge in [-0.3, -0.25) is 9.80 Å². The van der Waals surface area contributed by atoms with Gasteiger partial charge in [-0.15, -0.1) is 0 Å². The van der Waals surface area contributed by atoms with Gasteiger partial charge in [0.1, 0.15) is 5.75 Å². The molecule has 0 bridgehead atoms. The van der Waals surface area contributed by atoms with Crippen LogP contribution in [-0.2, 0) is 5.72 Å². The van der Waals surface area contributed by atoms with Gasteiger partial charge < -0.3 is 9.84 Å². The van der Waals surface area contributed by atoms with Crippen molar-refractivity contribution in [3.63, 3.8) is 0 Å². The molecule has 4 rings (SSSR count). The highest BCUT2D eigenvalue weighted by Gasteiger charge is 2.56. The van der Waals surface area contributed by atoms with E-state index in [-0.39, 0.29) is 6.03 Å². The van der Waals surface area contributed by atoms with E-state index in [2.05, 4.69) is 31.9 Å². The lowest BCUT2D eigenvalue weighted by molar-refractivity contribution is 0.0370. The maximum atomic E-state index is 13.7. The van der Waals surface area contributed by atoms with Gasteiger partial charge in [0.25, 0.3) is 0 Å². The van der Waals surface area contributed by atoms with Crippen LogP contribution in [0.4, 0.5) is 16.2 Å². The maximum absolute atomic E-state index is 13.7. The first-order valence-electron chi connectivity index (χ1n) is 9.37. The molecule has 1 unspecified atom stereocenters. The van der Waals surface area contributed by atoms with E-state index >= 15 is 0 Å². The Kier molecular flexibility index (Phi) is 5.61. The number of amides is 2. The summed E-state index contributed by atoms with van der Waals surface area (Å²) in [4.78, 5) is 16.7. The molecule has 5 nitrogen and oxygen atoms in total. The minimum atomic E-state index is -1.60. The molecule has 2 amide bonds. The summed E-state index contributed by atoms with van der Waals surface area (Å²) in [7, 11) is 1.58. The van der Waals surface area contributed by atoms with E-state index < -0.39 is 11.8 Å². The first-order valence-corrected chi connectivity index (χ1v) is 11.0. The van der Waals surface area contributed by atoms with E-state index in [0.717, 1.165) is 8.95 Å². The van der Waals surface area contributed by atoms with E-state index in [4.69, 9.17) is 4.74 Å². The number of anilines is 2. The number of carbonyl (C=O) groups excluding carboxylic acids is 1. The number of benzene rings is 3. The van der Waals surface area contributed by atoms with Crippen molar-refractivity contribution >= 4 is 49.3 Å². The summed E-state index contributed by atoms with van der Waals surface area (Å²) in [5, 5.41) is 12.1. The van der Waals surface area contributed by atoms with E-state index in [0.29, 0.717) is 22.7 Å². The highest BCUT2D eigenvalue weighted by atomic mass is 79.9. The second-order valence-electron chi connectivity index (χ2n) is 7.07. The van der Waals surface area contributed by atoms with E-state index in [1.54, 1.807) is 18.1 Å². The Morgan fingerprint density at radius 3 is 2.07 bits per heavy atom. The third kappa shape index (κ3) is 3.41. The molecule has 3 aromatic carbocycles. The first-order chi connectivity index (χ1) is 14.4. The molecule has 30 heavy (non-hydrogen) atoms. The summed E-state index contributed by atoms with van der Waals surface area (Å²) in [5.74, 6) is 0.610. The third-order valence-electron chi connectivity index (χ3n) is 5.39. The van der Waals surface area contributed by atoms with Crippen LogP contribution in [0.5, 0.6) is 5.75 Å². The molecular formula is C23H20Br2N2O3. The molecule has 1 N–H and O–H groups in total. The number of urea groups is 1. The Hall–Kier alpha value is -2.35. The lowest BCUT2D eigenvalue weighted by Gasteiger charge is -2.35. The topological polar surface area (TPSA) is 53.0 Å². The minimum absolute atomic E-state index is 0.308. The highest BCUT2D eigenvalue weighted by Crippen LogP contribution is 2.45. The largest absolute Gasteiger partial charge is 0.497 e. The highest BCUT2D eigenvalue weighted by molar-refractivity contribution is 9.10. The maximum Gasteiger partial charge on any atom is 0.332 e. The number of aliphatic hydroxyl groups is 1. The Bertz CT molecular complexity index is 1070. The SMILES string of the molecule is COc1cccc(C2(O)[C@@H](C)N(c3ccc(Br)cc3)C(=O)N2c2ccc(Br)cc2)c1. The Morgan fingerprint density at radius 1 is 0.933 bits per heavy atom.